The molecule has 1 rings (SSSR count). The molecule has 1 atom stereocenters. The van der Waals surface area contributed by atoms with E-state index in [0.29, 0.717) is 0 Å². The van der Waals surface area contributed by atoms with Crippen molar-refractivity contribution < 1.29 is 4.79 Å². The maximum Gasteiger partial charge on any atom is 0.196 e. The van der Waals surface area contributed by atoms with Crippen LogP contribution < -0.4 is 0 Å². The van der Waals surface area contributed by atoms with Gasteiger partial charge in [0.1, 0.15) is 0 Å². The van der Waals surface area contributed by atoms with Gasteiger partial charge in [0, 0.05) is 5.75 Å². The summed E-state index contributed by atoms with van der Waals surface area (Å²) >= 11 is 1.47. The number of hydrogen-bond acceptors (Lipinski definition) is 2. The third-order valence-corrected chi connectivity index (χ3v) is 3.53. The lowest BCUT2D eigenvalue weighted by Crippen LogP contribution is -2.05. The molecule has 0 bridgehead atoms. The lowest BCUT2D eigenvalue weighted by Gasteiger charge is -2.09. The molecule has 0 spiro atoms. The molecule has 0 radical (unpaired) electrons. The summed E-state index contributed by atoms with van der Waals surface area (Å²) in [5.74, 6) is 0.972. The Balaban J connectivity index is 2.46. The van der Waals surface area contributed by atoms with E-state index >= 15 is 0 Å². The first-order chi connectivity index (χ1) is 7.25. The molecule has 0 aromatic heterocycles. The first-order valence-corrected chi connectivity index (χ1v) is 6.46. The van der Waals surface area contributed by atoms with Gasteiger partial charge in [-0.05, 0) is 12.0 Å². The van der Waals surface area contributed by atoms with Gasteiger partial charge in [-0.15, -0.1) is 0 Å². The van der Waals surface area contributed by atoms with Crippen molar-refractivity contribution in [3.8, 4) is 0 Å². The number of unbranched alkanes of at least 4 members (excludes halogenated alkanes) is 1. The van der Waals surface area contributed by atoms with E-state index in [2.05, 4.69) is 6.92 Å². The van der Waals surface area contributed by atoms with Gasteiger partial charge in [0.15, 0.2) is 5.12 Å². The molecule has 0 aliphatic heterocycles. The average Bonchev–Trinajstić information content (AvgIpc) is 2.29. The highest BCUT2D eigenvalue weighted by molar-refractivity contribution is 8.13. The molecule has 0 fully saturated rings. The highest BCUT2D eigenvalue weighted by atomic mass is 32.2. The van der Waals surface area contributed by atoms with Gasteiger partial charge >= 0.3 is 0 Å². The predicted octanol–water partition coefficient (Wildman–Crippen LogP) is 3.85. The highest BCUT2D eigenvalue weighted by Gasteiger charge is 2.14. The fraction of sp³-hybridized carbons (Fsp3) is 0.462. The van der Waals surface area contributed by atoms with Crippen molar-refractivity contribution in [2.75, 3.05) is 5.75 Å². The zero-order valence-electron chi connectivity index (χ0n) is 9.40. The zero-order chi connectivity index (χ0) is 11.1. The Kier molecular flexibility index (Phi) is 5.48. The third-order valence-electron chi connectivity index (χ3n) is 2.40. The number of hydrogen-bond donors (Lipinski definition) is 0. The minimum Gasteiger partial charge on any atom is -0.287 e. The van der Waals surface area contributed by atoms with Crippen LogP contribution in [-0.4, -0.2) is 10.9 Å². The average molecular weight is 222 g/mol. The first kappa shape index (κ1) is 12.3. The Morgan fingerprint density at radius 1 is 1.33 bits per heavy atom. The molecule has 0 aliphatic rings. The number of benzene rings is 1. The second kappa shape index (κ2) is 6.67. The summed E-state index contributed by atoms with van der Waals surface area (Å²) in [5.41, 5.74) is 1.12. The fourth-order valence-electron chi connectivity index (χ4n) is 1.32. The van der Waals surface area contributed by atoms with Crippen molar-refractivity contribution in [3.05, 3.63) is 35.9 Å². The molecule has 1 aromatic rings. The number of rotatable bonds is 5. The normalized spacial score (nSPS) is 12.4. The van der Waals surface area contributed by atoms with Gasteiger partial charge in [0.2, 0.25) is 0 Å². The second-order valence-corrected chi connectivity index (χ2v) is 4.75. The van der Waals surface area contributed by atoms with Crippen LogP contribution in [0.2, 0.25) is 0 Å². The quantitative estimate of drug-likeness (QED) is 0.704. The monoisotopic (exact) mass is 222 g/mol. The second-order valence-electron chi connectivity index (χ2n) is 3.65. The lowest BCUT2D eigenvalue weighted by molar-refractivity contribution is -0.111. The van der Waals surface area contributed by atoms with E-state index < -0.39 is 0 Å². The maximum absolute atomic E-state index is 11.8. The van der Waals surface area contributed by atoms with Crippen molar-refractivity contribution in [2.45, 2.75) is 32.6 Å². The van der Waals surface area contributed by atoms with E-state index in [-0.39, 0.29) is 11.0 Å². The Hall–Kier alpha value is -0.760. The van der Waals surface area contributed by atoms with Crippen molar-refractivity contribution >= 4 is 16.9 Å². The Labute approximate surface area is 96.3 Å². The van der Waals surface area contributed by atoms with Gasteiger partial charge in [-0.1, -0.05) is 62.4 Å². The molecule has 1 nitrogen and oxygen atoms in total. The summed E-state index contributed by atoms with van der Waals surface area (Å²) in [7, 11) is 0. The van der Waals surface area contributed by atoms with Crippen LogP contribution in [0.25, 0.3) is 0 Å². The largest absolute Gasteiger partial charge is 0.287 e. The van der Waals surface area contributed by atoms with Crippen LogP contribution in [0.3, 0.4) is 0 Å². The summed E-state index contributed by atoms with van der Waals surface area (Å²) in [6.45, 7) is 4.13. The van der Waals surface area contributed by atoms with Crippen LogP contribution in [0, 0.1) is 0 Å². The molecule has 82 valence electrons. The van der Waals surface area contributed by atoms with E-state index in [1.165, 1.54) is 11.8 Å². The van der Waals surface area contributed by atoms with E-state index in [9.17, 15) is 4.79 Å². The summed E-state index contributed by atoms with van der Waals surface area (Å²) in [6.07, 6.45) is 2.28. The van der Waals surface area contributed by atoms with E-state index in [1.807, 2.05) is 37.3 Å². The molecular weight excluding hydrogens is 204 g/mol. The van der Waals surface area contributed by atoms with Gasteiger partial charge in [0.05, 0.1) is 5.92 Å². The van der Waals surface area contributed by atoms with E-state index in [0.717, 1.165) is 24.2 Å². The minimum atomic E-state index is 0.0213. The molecule has 0 aliphatic carbocycles. The summed E-state index contributed by atoms with van der Waals surface area (Å²) < 4.78 is 0. The van der Waals surface area contributed by atoms with E-state index in [4.69, 9.17) is 0 Å². The number of carbonyl (C=O) groups excluding carboxylic acids is 1. The van der Waals surface area contributed by atoms with E-state index in [1.54, 1.807) is 0 Å². The van der Waals surface area contributed by atoms with Gasteiger partial charge in [0.25, 0.3) is 0 Å². The molecule has 2 heteroatoms. The minimum absolute atomic E-state index is 0.0213. The zero-order valence-corrected chi connectivity index (χ0v) is 10.2. The topological polar surface area (TPSA) is 17.1 Å². The SMILES string of the molecule is CCCCSC(=O)C(C)c1ccccc1. The maximum atomic E-state index is 11.8. The predicted molar refractivity (Wildman–Crippen MR) is 67.2 cm³/mol. The van der Waals surface area contributed by atoms with Crippen molar-refractivity contribution in [1.82, 2.24) is 0 Å². The molecule has 1 aromatic carbocycles. The smallest absolute Gasteiger partial charge is 0.196 e. The van der Waals surface area contributed by atoms with Crippen molar-refractivity contribution in [1.29, 1.82) is 0 Å². The summed E-state index contributed by atoms with van der Waals surface area (Å²) in [5, 5.41) is 0.287. The Bertz CT molecular complexity index is 295. The van der Waals surface area contributed by atoms with Crippen molar-refractivity contribution in [2.24, 2.45) is 0 Å². The standard InChI is InChI=1S/C13H18OS/c1-3-4-10-15-13(14)11(2)12-8-6-5-7-9-12/h5-9,11H,3-4,10H2,1-2H3. The molecule has 1 unspecified atom stereocenters. The van der Waals surface area contributed by atoms with Crippen LogP contribution in [0.4, 0.5) is 0 Å². The molecular formula is C13H18OS. The summed E-state index contributed by atoms with van der Waals surface area (Å²) in [6, 6.07) is 9.97. The number of carbonyl (C=O) groups is 1. The third kappa shape index (κ3) is 4.08. The van der Waals surface area contributed by atoms with Crippen LogP contribution in [-0.2, 0) is 4.79 Å². The van der Waals surface area contributed by atoms with Gasteiger partial charge < -0.3 is 0 Å². The van der Waals surface area contributed by atoms with Gasteiger partial charge in [-0.2, -0.15) is 0 Å². The van der Waals surface area contributed by atoms with Crippen molar-refractivity contribution in [3.63, 3.8) is 0 Å². The molecule has 0 heterocycles. The molecule has 0 N–H and O–H groups in total. The van der Waals surface area contributed by atoms with Gasteiger partial charge in [-0.3, -0.25) is 4.79 Å². The van der Waals surface area contributed by atoms with Gasteiger partial charge in [-0.25, -0.2) is 0 Å². The molecule has 15 heavy (non-hydrogen) atoms. The van der Waals surface area contributed by atoms with Crippen LogP contribution in [0.1, 0.15) is 38.2 Å². The molecule has 0 amide bonds. The number of thioether (sulfide) groups is 1. The first-order valence-electron chi connectivity index (χ1n) is 5.47. The molecule has 0 saturated carbocycles. The Morgan fingerprint density at radius 3 is 2.60 bits per heavy atom. The highest BCUT2D eigenvalue weighted by Crippen LogP contribution is 2.22. The van der Waals surface area contributed by atoms with Crippen LogP contribution in [0.5, 0.6) is 0 Å². The van der Waals surface area contributed by atoms with Crippen LogP contribution >= 0.6 is 11.8 Å². The fourth-order valence-corrected chi connectivity index (χ4v) is 2.34. The Morgan fingerprint density at radius 2 is 2.00 bits per heavy atom. The summed E-state index contributed by atoms with van der Waals surface area (Å²) in [4.78, 5) is 11.8. The molecule has 0 saturated heterocycles. The van der Waals surface area contributed by atoms with Crippen LogP contribution in [0.15, 0.2) is 30.3 Å². The lowest BCUT2D eigenvalue weighted by atomic mass is 10.0.